The number of carbonyl (C=O) groups is 1. The van der Waals surface area contributed by atoms with Crippen molar-refractivity contribution >= 4 is 6.29 Å². The van der Waals surface area contributed by atoms with E-state index in [0.29, 0.717) is 23.8 Å². The first-order valence-electron chi connectivity index (χ1n) is 9.01. The van der Waals surface area contributed by atoms with Gasteiger partial charge in [0.2, 0.25) is 0 Å². The molecule has 0 aliphatic rings. The highest BCUT2D eigenvalue weighted by molar-refractivity contribution is 5.82. The van der Waals surface area contributed by atoms with Gasteiger partial charge >= 0.3 is 0 Å². The van der Waals surface area contributed by atoms with Gasteiger partial charge in [-0.25, -0.2) is 0 Å². The fourth-order valence-corrected chi connectivity index (χ4v) is 2.98. The Morgan fingerprint density at radius 2 is 1.54 bits per heavy atom. The maximum atomic E-state index is 11.4. The summed E-state index contributed by atoms with van der Waals surface area (Å²) in [6, 6.07) is 24.3. The minimum absolute atomic E-state index is 0.443. The first-order valence-corrected chi connectivity index (χ1v) is 9.01. The molecule has 26 heavy (non-hydrogen) atoms. The van der Waals surface area contributed by atoms with Gasteiger partial charge in [-0.3, -0.25) is 4.79 Å². The van der Waals surface area contributed by atoms with Gasteiger partial charge < -0.3 is 4.74 Å². The first kappa shape index (κ1) is 17.9. The van der Waals surface area contributed by atoms with Crippen molar-refractivity contribution in [1.29, 1.82) is 0 Å². The molecule has 0 saturated carbocycles. The predicted molar refractivity (Wildman–Crippen MR) is 107 cm³/mol. The largest absolute Gasteiger partial charge is 0.488 e. The van der Waals surface area contributed by atoms with E-state index in [1.165, 1.54) is 5.56 Å². The van der Waals surface area contributed by atoms with Gasteiger partial charge in [-0.05, 0) is 46.7 Å². The van der Waals surface area contributed by atoms with Gasteiger partial charge in [-0.2, -0.15) is 0 Å². The second-order valence-corrected chi connectivity index (χ2v) is 6.94. The highest BCUT2D eigenvalue weighted by Gasteiger charge is 2.07. The average Bonchev–Trinajstić information content (AvgIpc) is 2.67. The van der Waals surface area contributed by atoms with E-state index in [2.05, 4.69) is 38.1 Å². The highest BCUT2D eigenvalue weighted by Crippen LogP contribution is 2.28. The normalized spacial score (nSPS) is 10.7. The third-order valence-corrected chi connectivity index (χ3v) is 4.31. The molecule has 0 unspecified atom stereocenters. The van der Waals surface area contributed by atoms with Crippen LogP contribution in [0.3, 0.4) is 0 Å². The van der Waals surface area contributed by atoms with Crippen LogP contribution in [-0.2, 0) is 13.0 Å². The molecule has 3 aromatic carbocycles. The maximum absolute atomic E-state index is 11.4. The molecule has 0 aromatic heterocycles. The monoisotopic (exact) mass is 344 g/mol. The predicted octanol–water partition coefficient (Wildman–Crippen LogP) is 5.94. The Morgan fingerprint density at radius 1 is 0.846 bits per heavy atom. The Kier molecular flexibility index (Phi) is 5.85. The van der Waals surface area contributed by atoms with Gasteiger partial charge in [0.05, 0.1) is 5.56 Å². The molecule has 3 rings (SSSR count). The number of benzene rings is 3. The van der Waals surface area contributed by atoms with Crippen molar-refractivity contribution in [3.8, 4) is 16.9 Å². The lowest BCUT2D eigenvalue weighted by atomic mass is 9.98. The van der Waals surface area contributed by atoms with Crippen molar-refractivity contribution in [2.45, 2.75) is 26.9 Å². The molecule has 2 nitrogen and oxygen atoms in total. The topological polar surface area (TPSA) is 26.3 Å². The van der Waals surface area contributed by atoms with Crippen LogP contribution < -0.4 is 4.74 Å². The molecule has 0 N–H and O–H groups in total. The van der Waals surface area contributed by atoms with E-state index in [1.54, 1.807) is 0 Å². The summed E-state index contributed by atoms with van der Waals surface area (Å²) in [5, 5.41) is 0. The van der Waals surface area contributed by atoms with Gasteiger partial charge in [0.25, 0.3) is 0 Å². The molecule has 0 spiro atoms. The minimum atomic E-state index is 0.443. The van der Waals surface area contributed by atoms with Crippen LogP contribution in [0.4, 0.5) is 0 Å². The van der Waals surface area contributed by atoms with Gasteiger partial charge in [0.1, 0.15) is 12.4 Å². The molecule has 0 aliphatic heterocycles. The second-order valence-electron chi connectivity index (χ2n) is 6.94. The summed E-state index contributed by atoms with van der Waals surface area (Å²) in [7, 11) is 0. The molecule has 0 heterocycles. The standard InChI is InChI=1S/C24H24O2/c1-18(2)14-19-8-10-21(11-9-19)22-12-13-23(16-25)24(15-22)26-17-20-6-4-3-5-7-20/h3-13,15-16,18H,14,17H2,1-2H3. The molecule has 2 heteroatoms. The fourth-order valence-electron chi connectivity index (χ4n) is 2.98. The van der Waals surface area contributed by atoms with Crippen molar-refractivity contribution in [3.05, 3.63) is 89.5 Å². The van der Waals surface area contributed by atoms with Crippen molar-refractivity contribution in [3.63, 3.8) is 0 Å². The van der Waals surface area contributed by atoms with Crippen LogP contribution in [0.5, 0.6) is 5.75 Å². The zero-order valence-electron chi connectivity index (χ0n) is 15.3. The van der Waals surface area contributed by atoms with E-state index in [1.807, 2.05) is 48.5 Å². The van der Waals surface area contributed by atoms with E-state index < -0.39 is 0 Å². The smallest absolute Gasteiger partial charge is 0.153 e. The molecular weight excluding hydrogens is 320 g/mol. The van der Waals surface area contributed by atoms with Crippen molar-refractivity contribution in [2.75, 3.05) is 0 Å². The molecule has 0 bridgehead atoms. The molecule has 3 aromatic rings. The number of carbonyl (C=O) groups excluding carboxylic acids is 1. The lowest BCUT2D eigenvalue weighted by Gasteiger charge is -2.12. The Balaban J connectivity index is 1.81. The third-order valence-electron chi connectivity index (χ3n) is 4.31. The Bertz CT molecular complexity index is 849. The molecule has 0 atom stereocenters. The van der Waals surface area contributed by atoms with E-state index in [9.17, 15) is 4.79 Å². The summed E-state index contributed by atoms with van der Waals surface area (Å²) >= 11 is 0. The van der Waals surface area contributed by atoms with Crippen molar-refractivity contribution in [2.24, 2.45) is 5.92 Å². The average molecular weight is 344 g/mol. The fraction of sp³-hybridized carbons (Fsp3) is 0.208. The van der Waals surface area contributed by atoms with Gasteiger partial charge in [0, 0.05) is 0 Å². The SMILES string of the molecule is CC(C)Cc1ccc(-c2ccc(C=O)c(OCc3ccccc3)c2)cc1. The summed E-state index contributed by atoms with van der Waals surface area (Å²) in [4.78, 5) is 11.4. The van der Waals surface area contributed by atoms with Crippen LogP contribution in [0.15, 0.2) is 72.8 Å². The van der Waals surface area contributed by atoms with E-state index in [0.717, 1.165) is 29.4 Å². The quantitative estimate of drug-likeness (QED) is 0.496. The van der Waals surface area contributed by atoms with E-state index in [-0.39, 0.29) is 0 Å². The molecular formula is C24H24O2. The van der Waals surface area contributed by atoms with Crippen LogP contribution >= 0.6 is 0 Å². The number of ether oxygens (including phenoxy) is 1. The van der Waals surface area contributed by atoms with Crippen molar-refractivity contribution in [1.82, 2.24) is 0 Å². The number of hydrogen-bond acceptors (Lipinski definition) is 2. The molecule has 0 amide bonds. The van der Waals surface area contributed by atoms with Crippen LogP contribution in [0, 0.1) is 5.92 Å². The molecule has 0 saturated heterocycles. The number of rotatable bonds is 7. The lowest BCUT2D eigenvalue weighted by Crippen LogP contribution is -1.98. The summed E-state index contributed by atoms with van der Waals surface area (Å²) in [6.45, 7) is 4.89. The van der Waals surface area contributed by atoms with E-state index in [4.69, 9.17) is 4.74 Å². The van der Waals surface area contributed by atoms with Gasteiger partial charge in [0.15, 0.2) is 6.29 Å². The summed E-state index contributed by atoms with van der Waals surface area (Å²) in [6.07, 6.45) is 1.92. The molecule has 0 fully saturated rings. The number of aldehydes is 1. The summed E-state index contributed by atoms with van der Waals surface area (Å²) in [5.41, 5.74) is 5.16. The molecule has 132 valence electrons. The molecule has 0 aliphatic carbocycles. The maximum Gasteiger partial charge on any atom is 0.153 e. The van der Waals surface area contributed by atoms with Gasteiger partial charge in [-0.15, -0.1) is 0 Å². The zero-order chi connectivity index (χ0) is 18.4. The summed E-state index contributed by atoms with van der Waals surface area (Å²) in [5.74, 6) is 1.26. The minimum Gasteiger partial charge on any atom is -0.488 e. The van der Waals surface area contributed by atoms with Gasteiger partial charge in [-0.1, -0.05) is 74.5 Å². The van der Waals surface area contributed by atoms with Crippen LogP contribution in [0.1, 0.15) is 35.3 Å². The lowest BCUT2D eigenvalue weighted by molar-refractivity contribution is 0.111. The summed E-state index contributed by atoms with van der Waals surface area (Å²) < 4.78 is 5.92. The highest BCUT2D eigenvalue weighted by atomic mass is 16.5. The first-order chi connectivity index (χ1) is 12.7. The van der Waals surface area contributed by atoms with E-state index >= 15 is 0 Å². The Morgan fingerprint density at radius 3 is 2.19 bits per heavy atom. The second kappa shape index (κ2) is 8.48. The van der Waals surface area contributed by atoms with Crippen LogP contribution in [0.25, 0.3) is 11.1 Å². The number of hydrogen-bond donors (Lipinski definition) is 0. The Labute approximate surface area is 155 Å². The van der Waals surface area contributed by atoms with Crippen molar-refractivity contribution < 1.29 is 9.53 Å². The molecule has 0 radical (unpaired) electrons. The van der Waals surface area contributed by atoms with Crippen LogP contribution in [0.2, 0.25) is 0 Å². The Hall–Kier alpha value is -2.87. The third kappa shape index (κ3) is 4.60. The van der Waals surface area contributed by atoms with Crippen LogP contribution in [-0.4, -0.2) is 6.29 Å². The zero-order valence-corrected chi connectivity index (χ0v) is 15.3.